The molecule has 0 bridgehead atoms. The van der Waals surface area contributed by atoms with Gasteiger partial charge in [-0.3, -0.25) is 0 Å². The number of ether oxygens (including phenoxy) is 2. The highest BCUT2D eigenvalue weighted by Gasteiger charge is 2.38. The highest BCUT2D eigenvalue weighted by molar-refractivity contribution is 4.89. The van der Waals surface area contributed by atoms with Gasteiger partial charge in [-0.1, -0.05) is 0 Å². The van der Waals surface area contributed by atoms with Gasteiger partial charge in [-0.05, 0) is 57.4 Å². The first-order valence-electron chi connectivity index (χ1n) is 7.31. The van der Waals surface area contributed by atoms with Gasteiger partial charge >= 0.3 is 0 Å². The van der Waals surface area contributed by atoms with Crippen LogP contribution in [0.3, 0.4) is 0 Å². The molecule has 0 aromatic heterocycles. The first kappa shape index (κ1) is 11.9. The molecule has 2 saturated heterocycles. The first-order chi connectivity index (χ1) is 8.36. The summed E-state index contributed by atoms with van der Waals surface area (Å²) in [5, 5.41) is 3.63. The van der Waals surface area contributed by atoms with Gasteiger partial charge < -0.3 is 14.8 Å². The quantitative estimate of drug-likeness (QED) is 0.815. The van der Waals surface area contributed by atoms with Gasteiger partial charge in [-0.25, -0.2) is 0 Å². The molecule has 1 unspecified atom stereocenters. The summed E-state index contributed by atoms with van der Waals surface area (Å²) < 4.78 is 11.5. The van der Waals surface area contributed by atoms with Gasteiger partial charge in [0.2, 0.25) is 0 Å². The Morgan fingerprint density at radius 1 is 1.06 bits per heavy atom. The minimum Gasteiger partial charge on any atom is -0.381 e. The summed E-state index contributed by atoms with van der Waals surface area (Å²) in [5.74, 6) is 0.869. The third-order valence-electron chi connectivity index (χ3n) is 4.56. The molecule has 3 fully saturated rings. The summed E-state index contributed by atoms with van der Waals surface area (Å²) in [7, 11) is 0. The van der Waals surface area contributed by atoms with Crippen LogP contribution in [0.5, 0.6) is 0 Å². The number of hydrogen-bond donors (Lipinski definition) is 1. The highest BCUT2D eigenvalue weighted by Crippen LogP contribution is 2.38. The van der Waals surface area contributed by atoms with Gasteiger partial charge in [-0.15, -0.1) is 0 Å². The fourth-order valence-electron chi connectivity index (χ4n) is 3.25. The molecule has 98 valence electrons. The van der Waals surface area contributed by atoms with Crippen molar-refractivity contribution in [1.29, 1.82) is 0 Å². The van der Waals surface area contributed by atoms with E-state index in [1.54, 1.807) is 0 Å². The second-order valence-corrected chi connectivity index (χ2v) is 6.02. The number of nitrogens with one attached hydrogen (secondary N) is 1. The minimum atomic E-state index is 0.181. The lowest BCUT2D eigenvalue weighted by molar-refractivity contribution is -0.147. The van der Waals surface area contributed by atoms with Crippen LogP contribution in [-0.4, -0.2) is 38.0 Å². The molecule has 1 N–H and O–H groups in total. The molecule has 0 aromatic carbocycles. The Morgan fingerprint density at radius 3 is 2.65 bits per heavy atom. The molecule has 1 saturated carbocycles. The fraction of sp³-hybridized carbons (Fsp3) is 1.00. The van der Waals surface area contributed by atoms with Crippen molar-refractivity contribution in [3.05, 3.63) is 0 Å². The maximum absolute atomic E-state index is 6.08. The van der Waals surface area contributed by atoms with Crippen LogP contribution in [0.1, 0.15) is 44.9 Å². The van der Waals surface area contributed by atoms with Crippen molar-refractivity contribution < 1.29 is 9.47 Å². The van der Waals surface area contributed by atoms with Crippen molar-refractivity contribution in [3.8, 4) is 0 Å². The van der Waals surface area contributed by atoms with Crippen molar-refractivity contribution in [1.82, 2.24) is 5.32 Å². The van der Waals surface area contributed by atoms with E-state index in [1.165, 1.54) is 38.6 Å². The van der Waals surface area contributed by atoms with Gasteiger partial charge in [0.1, 0.15) is 0 Å². The summed E-state index contributed by atoms with van der Waals surface area (Å²) in [6, 6.07) is 0.854. The van der Waals surface area contributed by atoms with Gasteiger partial charge in [0.25, 0.3) is 0 Å². The van der Waals surface area contributed by atoms with Gasteiger partial charge in [0.15, 0.2) is 0 Å². The Hall–Kier alpha value is -0.120. The Kier molecular flexibility index (Phi) is 3.69. The van der Waals surface area contributed by atoms with Crippen molar-refractivity contribution in [2.75, 3.05) is 26.4 Å². The van der Waals surface area contributed by atoms with Crippen LogP contribution in [0.15, 0.2) is 0 Å². The van der Waals surface area contributed by atoms with Gasteiger partial charge in [-0.2, -0.15) is 0 Å². The highest BCUT2D eigenvalue weighted by atomic mass is 16.5. The predicted molar refractivity (Wildman–Crippen MR) is 67.1 cm³/mol. The van der Waals surface area contributed by atoms with Crippen LogP contribution >= 0.6 is 0 Å². The first-order valence-corrected chi connectivity index (χ1v) is 7.31. The number of rotatable bonds is 4. The SMILES string of the molecule is C(CC1CCOC2(CCOCC2)C1)NC1CC1. The van der Waals surface area contributed by atoms with Crippen LogP contribution < -0.4 is 5.32 Å². The molecule has 1 atom stereocenters. The van der Waals surface area contributed by atoms with Crippen LogP contribution in [0.2, 0.25) is 0 Å². The van der Waals surface area contributed by atoms with Crippen LogP contribution in [-0.2, 0) is 9.47 Å². The summed E-state index contributed by atoms with van der Waals surface area (Å²) in [6.07, 6.45) is 8.88. The lowest BCUT2D eigenvalue weighted by Gasteiger charge is -2.43. The molecule has 0 aromatic rings. The average molecular weight is 239 g/mol. The normalized spacial score (nSPS) is 32.8. The van der Waals surface area contributed by atoms with E-state index in [9.17, 15) is 0 Å². The second kappa shape index (κ2) is 5.25. The lowest BCUT2D eigenvalue weighted by atomic mass is 9.79. The molecular formula is C14H25NO2. The van der Waals surface area contributed by atoms with Crippen LogP contribution in [0.4, 0.5) is 0 Å². The number of hydrogen-bond acceptors (Lipinski definition) is 3. The van der Waals surface area contributed by atoms with E-state index in [1.807, 2.05) is 0 Å². The van der Waals surface area contributed by atoms with Crippen molar-refractivity contribution in [2.45, 2.75) is 56.6 Å². The van der Waals surface area contributed by atoms with Crippen LogP contribution in [0.25, 0.3) is 0 Å². The molecule has 17 heavy (non-hydrogen) atoms. The zero-order valence-corrected chi connectivity index (χ0v) is 10.7. The van der Waals surface area contributed by atoms with Crippen molar-refractivity contribution in [3.63, 3.8) is 0 Å². The molecule has 1 spiro atoms. The Labute approximate surface area is 104 Å². The van der Waals surface area contributed by atoms with E-state index in [-0.39, 0.29) is 5.60 Å². The topological polar surface area (TPSA) is 30.5 Å². The largest absolute Gasteiger partial charge is 0.381 e. The lowest BCUT2D eigenvalue weighted by Crippen LogP contribution is -2.44. The smallest absolute Gasteiger partial charge is 0.0729 e. The molecule has 2 heterocycles. The molecular weight excluding hydrogens is 214 g/mol. The van der Waals surface area contributed by atoms with E-state index in [4.69, 9.17) is 9.47 Å². The summed E-state index contributed by atoms with van der Waals surface area (Å²) in [5.41, 5.74) is 0.181. The molecule has 3 aliphatic rings. The molecule has 2 aliphatic heterocycles. The molecule has 3 heteroatoms. The zero-order valence-electron chi connectivity index (χ0n) is 10.7. The third kappa shape index (κ3) is 3.21. The van der Waals surface area contributed by atoms with Crippen molar-refractivity contribution in [2.24, 2.45) is 5.92 Å². The summed E-state index contributed by atoms with van der Waals surface area (Å²) in [6.45, 7) is 3.97. The Balaban J connectivity index is 1.44. The third-order valence-corrected chi connectivity index (χ3v) is 4.56. The molecule has 3 rings (SSSR count). The molecule has 3 nitrogen and oxygen atoms in total. The monoisotopic (exact) mass is 239 g/mol. The Bertz CT molecular complexity index is 241. The van der Waals surface area contributed by atoms with Crippen molar-refractivity contribution >= 4 is 0 Å². The predicted octanol–water partition coefficient (Wildman–Crippen LogP) is 2.10. The Morgan fingerprint density at radius 2 is 1.88 bits per heavy atom. The van der Waals surface area contributed by atoms with E-state index in [0.717, 1.165) is 44.6 Å². The summed E-state index contributed by atoms with van der Waals surface area (Å²) in [4.78, 5) is 0. The van der Waals surface area contributed by atoms with E-state index < -0.39 is 0 Å². The average Bonchev–Trinajstić information content (AvgIpc) is 3.14. The maximum Gasteiger partial charge on any atom is 0.0729 e. The molecule has 1 aliphatic carbocycles. The molecule has 0 amide bonds. The standard InChI is InChI=1S/C14H25NO2/c1-2-13(1)15-7-3-12-4-8-17-14(11-12)5-9-16-10-6-14/h12-13,15H,1-11H2. The van der Waals surface area contributed by atoms with E-state index in [0.29, 0.717) is 0 Å². The summed E-state index contributed by atoms with van der Waals surface area (Å²) >= 11 is 0. The van der Waals surface area contributed by atoms with Crippen LogP contribution in [0, 0.1) is 5.92 Å². The van der Waals surface area contributed by atoms with Gasteiger partial charge in [0, 0.05) is 25.9 Å². The maximum atomic E-state index is 6.08. The second-order valence-electron chi connectivity index (χ2n) is 6.02. The zero-order chi connectivity index (χ0) is 11.6. The van der Waals surface area contributed by atoms with Gasteiger partial charge in [0.05, 0.1) is 5.60 Å². The molecule has 0 radical (unpaired) electrons. The van der Waals surface area contributed by atoms with E-state index >= 15 is 0 Å². The van der Waals surface area contributed by atoms with E-state index in [2.05, 4.69) is 5.32 Å². The fourth-order valence-corrected chi connectivity index (χ4v) is 3.25. The minimum absolute atomic E-state index is 0.181.